The third kappa shape index (κ3) is 3.14. The van der Waals surface area contributed by atoms with Gasteiger partial charge in [0.25, 0.3) is 5.91 Å². The van der Waals surface area contributed by atoms with Crippen LogP contribution in [0.1, 0.15) is 28.9 Å². The van der Waals surface area contributed by atoms with Gasteiger partial charge in [-0.25, -0.2) is 0 Å². The molecule has 1 aliphatic carbocycles. The summed E-state index contributed by atoms with van der Waals surface area (Å²) in [6, 6.07) is 10.0. The van der Waals surface area contributed by atoms with Crippen LogP contribution in [0, 0.1) is 5.92 Å². The Morgan fingerprint density at radius 1 is 1.22 bits per heavy atom. The Morgan fingerprint density at radius 2 is 2.07 bits per heavy atom. The molecule has 0 spiro atoms. The zero-order valence-corrected chi connectivity index (χ0v) is 15.5. The maximum absolute atomic E-state index is 13.4. The number of amides is 1. The zero-order chi connectivity index (χ0) is 18.4. The highest BCUT2D eigenvalue weighted by molar-refractivity contribution is 6.07. The van der Waals surface area contributed by atoms with Crippen molar-refractivity contribution in [1.82, 2.24) is 19.2 Å². The molecule has 1 saturated carbocycles. The second-order valence-corrected chi connectivity index (χ2v) is 7.76. The van der Waals surface area contributed by atoms with E-state index >= 15 is 0 Å². The van der Waals surface area contributed by atoms with E-state index in [1.807, 2.05) is 57.7 Å². The second-order valence-electron chi connectivity index (χ2n) is 7.76. The van der Waals surface area contributed by atoms with Gasteiger partial charge in [-0.15, -0.1) is 0 Å². The van der Waals surface area contributed by atoms with Crippen LogP contribution < -0.4 is 0 Å². The average molecular weight is 364 g/mol. The molecule has 1 amide bonds. The van der Waals surface area contributed by atoms with Crippen molar-refractivity contribution in [2.45, 2.75) is 32.0 Å². The number of ether oxygens (including phenoxy) is 1. The number of carbonyl (C=O) groups is 1. The van der Waals surface area contributed by atoms with Gasteiger partial charge in [0, 0.05) is 43.5 Å². The van der Waals surface area contributed by atoms with Crippen LogP contribution >= 0.6 is 0 Å². The first-order chi connectivity index (χ1) is 13.2. The summed E-state index contributed by atoms with van der Waals surface area (Å²) in [4.78, 5) is 15.4. The van der Waals surface area contributed by atoms with Crippen molar-refractivity contribution in [2.24, 2.45) is 13.0 Å². The topological polar surface area (TPSA) is 52.3 Å². The fourth-order valence-corrected chi connectivity index (χ4v) is 3.91. The molecular weight excluding hydrogens is 340 g/mol. The van der Waals surface area contributed by atoms with Crippen LogP contribution in [0.15, 0.2) is 42.7 Å². The molecule has 0 N–H and O–H groups in total. The fraction of sp³-hybridized carbons (Fsp3) is 0.429. The summed E-state index contributed by atoms with van der Waals surface area (Å²) in [6.07, 6.45) is 6.25. The Kier molecular flexibility index (Phi) is 4.01. The molecule has 0 unspecified atom stereocenters. The molecule has 3 aromatic rings. The number of para-hydroxylation sites is 1. The van der Waals surface area contributed by atoms with Crippen LogP contribution in [-0.4, -0.2) is 44.4 Å². The standard InChI is InChI=1S/C21H24N4O2/c1-23-13-19(18-4-2-3-5-20(18)23)21(26)24-10-16-8-9-22-25(16)12-17(11-24)27-14-15-6-7-15/h2-5,8-9,13,15,17H,6-7,10-12,14H2,1H3/t17-/m0/s1. The molecule has 1 aliphatic heterocycles. The van der Waals surface area contributed by atoms with E-state index < -0.39 is 0 Å². The average Bonchev–Trinajstić information content (AvgIpc) is 3.37. The van der Waals surface area contributed by atoms with Gasteiger partial charge in [0.2, 0.25) is 0 Å². The highest BCUT2D eigenvalue weighted by atomic mass is 16.5. The van der Waals surface area contributed by atoms with Crippen LogP contribution in [0.4, 0.5) is 0 Å². The number of rotatable bonds is 4. The SMILES string of the molecule is Cn1cc(C(=O)N2Cc3ccnn3C[C@@H](OCC3CC3)C2)c2ccccc21. The molecular formula is C21H24N4O2. The van der Waals surface area contributed by atoms with Crippen LogP contribution in [0.3, 0.4) is 0 Å². The number of hydrogen-bond donors (Lipinski definition) is 0. The van der Waals surface area contributed by atoms with E-state index in [4.69, 9.17) is 4.74 Å². The Balaban J connectivity index is 1.45. The molecule has 3 heterocycles. The number of benzene rings is 1. The Morgan fingerprint density at radius 3 is 2.93 bits per heavy atom. The summed E-state index contributed by atoms with van der Waals surface area (Å²) < 4.78 is 10.2. The van der Waals surface area contributed by atoms with Gasteiger partial charge in [-0.2, -0.15) is 5.10 Å². The molecule has 6 nitrogen and oxygen atoms in total. The minimum atomic E-state index is -0.0225. The number of hydrogen-bond acceptors (Lipinski definition) is 3. The van der Waals surface area contributed by atoms with Gasteiger partial charge in [-0.3, -0.25) is 9.48 Å². The number of nitrogens with zero attached hydrogens (tertiary/aromatic N) is 4. The predicted molar refractivity (Wildman–Crippen MR) is 102 cm³/mol. The van der Waals surface area contributed by atoms with Crippen molar-refractivity contribution in [1.29, 1.82) is 0 Å². The monoisotopic (exact) mass is 364 g/mol. The number of carbonyl (C=O) groups excluding carboxylic acids is 1. The summed E-state index contributed by atoms with van der Waals surface area (Å²) in [5.74, 6) is 0.758. The molecule has 0 saturated heterocycles. The minimum absolute atomic E-state index is 0.0225. The van der Waals surface area contributed by atoms with Gasteiger partial charge in [0.15, 0.2) is 0 Å². The lowest BCUT2D eigenvalue weighted by Crippen LogP contribution is -2.37. The van der Waals surface area contributed by atoms with Crippen molar-refractivity contribution in [3.05, 3.63) is 54.0 Å². The largest absolute Gasteiger partial charge is 0.374 e. The molecule has 0 bridgehead atoms. The summed E-state index contributed by atoms with van der Waals surface area (Å²) in [6.45, 7) is 2.65. The molecule has 27 heavy (non-hydrogen) atoms. The normalized spacial score (nSPS) is 19.9. The van der Waals surface area contributed by atoms with Crippen LogP contribution in [0.2, 0.25) is 0 Å². The summed E-state index contributed by atoms with van der Waals surface area (Å²) in [5, 5.41) is 5.42. The molecule has 2 aromatic heterocycles. The van der Waals surface area contributed by atoms with E-state index in [0.29, 0.717) is 25.6 Å². The molecule has 1 aromatic carbocycles. The summed E-state index contributed by atoms with van der Waals surface area (Å²) in [7, 11) is 1.98. The van der Waals surface area contributed by atoms with Gasteiger partial charge in [0.05, 0.1) is 30.5 Å². The van der Waals surface area contributed by atoms with Gasteiger partial charge in [-0.1, -0.05) is 18.2 Å². The molecule has 2 aliphatic rings. The Bertz CT molecular complexity index is 985. The van der Waals surface area contributed by atoms with E-state index in [2.05, 4.69) is 5.10 Å². The van der Waals surface area contributed by atoms with E-state index in [9.17, 15) is 4.79 Å². The first kappa shape index (κ1) is 16.6. The fourth-order valence-electron chi connectivity index (χ4n) is 3.91. The molecule has 5 rings (SSSR count). The lowest BCUT2D eigenvalue weighted by Gasteiger charge is -2.24. The van der Waals surface area contributed by atoms with Crippen molar-refractivity contribution < 1.29 is 9.53 Å². The van der Waals surface area contributed by atoms with Crippen LogP contribution in [-0.2, 0) is 24.9 Å². The van der Waals surface area contributed by atoms with Crippen molar-refractivity contribution in [3.8, 4) is 0 Å². The third-order valence-electron chi connectivity index (χ3n) is 5.64. The maximum Gasteiger partial charge on any atom is 0.256 e. The lowest BCUT2D eigenvalue weighted by atomic mass is 10.1. The van der Waals surface area contributed by atoms with Gasteiger partial charge >= 0.3 is 0 Å². The molecule has 1 atom stereocenters. The van der Waals surface area contributed by atoms with Crippen LogP contribution in [0.25, 0.3) is 10.9 Å². The van der Waals surface area contributed by atoms with Crippen molar-refractivity contribution in [3.63, 3.8) is 0 Å². The minimum Gasteiger partial charge on any atom is -0.374 e. The van der Waals surface area contributed by atoms with Gasteiger partial charge in [0.1, 0.15) is 0 Å². The van der Waals surface area contributed by atoms with E-state index in [1.165, 1.54) is 12.8 Å². The van der Waals surface area contributed by atoms with Gasteiger partial charge in [-0.05, 0) is 30.9 Å². The molecule has 140 valence electrons. The predicted octanol–water partition coefficient (Wildman–Crippen LogP) is 2.83. The third-order valence-corrected chi connectivity index (χ3v) is 5.64. The lowest BCUT2D eigenvalue weighted by molar-refractivity contribution is 0.0137. The first-order valence-electron chi connectivity index (χ1n) is 9.64. The van der Waals surface area contributed by atoms with E-state index in [-0.39, 0.29) is 12.0 Å². The van der Waals surface area contributed by atoms with Crippen molar-refractivity contribution >= 4 is 16.8 Å². The maximum atomic E-state index is 13.4. The van der Waals surface area contributed by atoms with Crippen LogP contribution in [0.5, 0.6) is 0 Å². The molecule has 6 heteroatoms. The quantitative estimate of drug-likeness (QED) is 0.715. The second kappa shape index (κ2) is 6.53. The molecule has 0 radical (unpaired) electrons. The zero-order valence-electron chi connectivity index (χ0n) is 15.5. The highest BCUT2D eigenvalue weighted by Crippen LogP contribution is 2.30. The van der Waals surface area contributed by atoms with E-state index in [1.54, 1.807) is 6.20 Å². The summed E-state index contributed by atoms with van der Waals surface area (Å²) in [5.41, 5.74) is 2.88. The molecule has 1 fully saturated rings. The Hall–Kier alpha value is -2.60. The highest BCUT2D eigenvalue weighted by Gasteiger charge is 2.30. The number of aromatic nitrogens is 3. The number of aryl methyl sites for hydroxylation is 1. The Labute approximate surface area is 158 Å². The van der Waals surface area contributed by atoms with Gasteiger partial charge < -0.3 is 14.2 Å². The van der Waals surface area contributed by atoms with E-state index in [0.717, 1.165) is 28.8 Å². The van der Waals surface area contributed by atoms with Crippen molar-refractivity contribution in [2.75, 3.05) is 13.2 Å². The summed E-state index contributed by atoms with van der Waals surface area (Å²) >= 11 is 0. The number of fused-ring (bicyclic) bond motifs is 2. The smallest absolute Gasteiger partial charge is 0.256 e. The first-order valence-corrected chi connectivity index (χ1v) is 9.64.